The van der Waals surface area contributed by atoms with Crippen molar-refractivity contribution in [3.05, 3.63) is 53.4 Å². The summed E-state index contributed by atoms with van der Waals surface area (Å²) in [6, 6.07) is 3.96. The first kappa shape index (κ1) is 14.1. The Balaban J connectivity index is 1.75. The van der Waals surface area contributed by atoms with Gasteiger partial charge in [0.1, 0.15) is 22.9 Å². The van der Waals surface area contributed by atoms with Crippen LogP contribution < -0.4 is 4.28 Å². The van der Waals surface area contributed by atoms with Crippen LogP contribution in [0.5, 0.6) is 11.8 Å². The molecule has 23 heavy (non-hydrogen) atoms. The smallest absolute Gasteiger partial charge is 0.357 e. The lowest BCUT2D eigenvalue weighted by Crippen LogP contribution is -2.20. The summed E-state index contributed by atoms with van der Waals surface area (Å²) in [5, 5.41) is 20.3. The van der Waals surface area contributed by atoms with Crippen LogP contribution >= 0.6 is 0 Å². The van der Waals surface area contributed by atoms with Crippen LogP contribution in [0, 0.1) is 5.82 Å². The highest BCUT2D eigenvalue weighted by Gasteiger charge is 2.43. The largest absolute Gasteiger partial charge is 0.492 e. The van der Waals surface area contributed by atoms with Crippen molar-refractivity contribution in [2.75, 3.05) is 0 Å². The van der Waals surface area contributed by atoms with Gasteiger partial charge in [-0.3, -0.25) is 4.28 Å². The molecule has 1 aromatic carbocycles. The summed E-state index contributed by atoms with van der Waals surface area (Å²) in [5.41, 5.74) is 0.536. The predicted molar refractivity (Wildman–Crippen MR) is 73.6 cm³/mol. The van der Waals surface area contributed by atoms with Crippen molar-refractivity contribution < 1.29 is 32.0 Å². The van der Waals surface area contributed by atoms with E-state index in [1.807, 2.05) is 0 Å². The normalized spacial score (nSPS) is 21.6. The highest BCUT2D eigenvalue weighted by atomic mass is 32.2. The average molecular weight is 339 g/mol. The van der Waals surface area contributed by atoms with E-state index in [1.165, 1.54) is 0 Å². The van der Waals surface area contributed by atoms with Crippen molar-refractivity contribution in [1.29, 1.82) is 0 Å². The van der Waals surface area contributed by atoms with E-state index in [4.69, 9.17) is 9.02 Å². The average Bonchev–Trinajstić information content (AvgIpc) is 3.17. The summed E-state index contributed by atoms with van der Waals surface area (Å²) >= 11 is 0. The first-order valence-electron chi connectivity index (χ1n) is 6.59. The summed E-state index contributed by atoms with van der Waals surface area (Å²) < 4.78 is 47.9. The molecule has 7 nitrogen and oxygen atoms in total. The van der Waals surface area contributed by atoms with Crippen molar-refractivity contribution in [2.24, 2.45) is 0 Å². The fourth-order valence-corrected chi connectivity index (χ4v) is 3.61. The minimum Gasteiger partial charge on any atom is -0.492 e. The molecule has 1 aromatic heterocycles. The molecular weight excluding hydrogens is 329 g/mol. The van der Waals surface area contributed by atoms with Crippen LogP contribution in [-0.4, -0.2) is 23.4 Å². The van der Waals surface area contributed by atoms with Gasteiger partial charge < -0.3 is 14.9 Å². The van der Waals surface area contributed by atoms with Crippen molar-refractivity contribution in [2.45, 2.75) is 17.1 Å². The maximum Gasteiger partial charge on any atom is 0.357 e. The molecule has 0 amide bonds. The van der Waals surface area contributed by atoms with Crippen LogP contribution in [0.15, 0.2) is 41.3 Å². The lowest BCUT2D eigenvalue weighted by Gasteiger charge is -2.11. The Hall–Kier alpha value is -2.52. The number of rotatable bonds is 3. The van der Waals surface area contributed by atoms with Crippen molar-refractivity contribution >= 4 is 10.1 Å². The van der Waals surface area contributed by atoms with Gasteiger partial charge in [0.05, 0.1) is 11.1 Å². The molecular formula is C14H10FNO6S. The van der Waals surface area contributed by atoms with Gasteiger partial charge in [-0.05, 0) is 24.3 Å². The van der Waals surface area contributed by atoms with E-state index in [0.29, 0.717) is 4.73 Å². The number of ether oxygens (including phenoxy) is 1. The predicted octanol–water partition coefficient (Wildman–Crippen LogP) is 1.54. The number of halogens is 1. The Labute approximate surface area is 129 Å². The third-order valence-corrected chi connectivity index (χ3v) is 4.95. The second kappa shape index (κ2) is 4.49. The van der Waals surface area contributed by atoms with Crippen LogP contribution in [0.3, 0.4) is 0 Å². The first-order valence-corrected chi connectivity index (χ1v) is 8.00. The lowest BCUT2D eigenvalue weighted by molar-refractivity contribution is 0.0799. The van der Waals surface area contributed by atoms with Gasteiger partial charge in [-0.15, -0.1) is 0 Å². The van der Waals surface area contributed by atoms with Crippen molar-refractivity contribution in [3.63, 3.8) is 0 Å². The molecule has 2 bridgehead atoms. The number of nitrogens with zero attached hydrogens (tertiary/aromatic N) is 1. The second-order valence-corrected chi connectivity index (χ2v) is 6.64. The molecule has 0 saturated carbocycles. The Morgan fingerprint density at radius 3 is 2.09 bits per heavy atom. The molecule has 3 heterocycles. The molecule has 0 spiro atoms. The molecule has 4 rings (SSSR count). The van der Waals surface area contributed by atoms with Crippen molar-refractivity contribution in [1.82, 2.24) is 4.73 Å². The summed E-state index contributed by atoms with van der Waals surface area (Å²) in [6.45, 7) is 0. The third-order valence-electron chi connectivity index (χ3n) is 3.75. The molecule has 2 aliphatic rings. The lowest BCUT2D eigenvalue weighted by atomic mass is 10.0. The highest BCUT2D eigenvalue weighted by molar-refractivity contribution is 7.87. The van der Waals surface area contributed by atoms with Gasteiger partial charge in [0.2, 0.25) is 11.8 Å². The number of aromatic nitrogens is 1. The second-order valence-electron chi connectivity index (χ2n) is 5.11. The van der Waals surface area contributed by atoms with Crippen LogP contribution in [0.2, 0.25) is 0 Å². The maximum atomic E-state index is 12.9. The zero-order chi connectivity index (χ0) is 16.4. The fraction of sp³-hybridized carbons (Fsp3) is 0.143. The summed E-state index contributed by atoms with van der Waals surface area (Å²) in [6.07, 6.45) is 2.26. The molecule has 0 fully saturated rings. The molecule has 2 aromatic rings. The molecule has 0 aliphatic carbocycles. The van der Waals surface area contributed by atoms with E-state index >= 15 is 0 Å². The summed E-state index contributed by atoms with van der Waals surface area (Å²) in [5.74, 6) is -1.71. The van der Waals surface area contributed by atoms with E-state index in [9.17, 15) is 23.0 Å². The summed E-state index contributed by atoms with van der Waals surface area (Å²) in [4.78, 5) is -0.316. The monoisotopic (exact) mass is 339 g/mol. The number of hydrogen-bond donors (Lipinski definition) is 2. The fourth-order valence-electron chi connectivity index (χ4n) is 2.71. The van der Waals surface area contributed by atoms with Gasteiger partial charge >= 0.3 is 10.1 Å². The van der Waals surface area contributed by atoms with Gasteiger partial charge in [-0.2, -0.15) is 8.42 Å². The van der Waals surface area contributed by atoms with Crippen LogP contribution in [-0.2, 0) is 14.9 Å². The number of hydrogen-bond acceptors (Lipinski definition) is 6. The van der Waals surface area contributed by atoms with E-state index < -0.39 is 39.9 Å². The van der Waals surface area contributed by atoms with E-state index in [-0.39, 0.29) is 16.0 Å². The Morgan fingerprint density at radius 1 is 1.04 bits per heavy atom. The van der Waals surface area contributed by atoms with Gasteiger partial charge in [-0.25, -0.2) is 4.39 Å². The van der Waals surface area contributed by atoms with Crippen molar-refractivity contribution in [3.8, 4) is 11.8 Å². The Morgan fingerprint density at radius 2 is 1.57 bits per heavy atom. The van der Waals surface area contributed by atoms with E-state index in [2.05, 4.69) is 0 Å². The molecule has 9 heteroatoms. The molecule has 2 N–H and O–H groups in total. The van der Waals surface area contributed by atoms with Crippen LogP contribution in [0.1, 0.15) is 23.3 Å². The van der Waals surface area contributed by atoms with E-state index in [0.717, 1.165) is 24.3 Å². The number of benzene rings is 1. The molecule has 2 atom stereocenters. The van der Waals surface area contributed by atoms with Gasteiger partial charge in [0, 0.05) is 0 Å². The third kappa shape index (κ3) is 1.93. The first-order chi connectivity index (χ1) is 10.9. The minimum absolute atomic E-state index is 0.268. The summed E-state index contributed by atoms with van der Waals surface area (Å²) in [7, 11) is -4.36. The molecule has 0 saturated heterocycles. The molecule has 0 radical (unpaired) electrons. The Kier molecular flexibility index (Phi) is 2.75. The van der Waals surface area contributed by atoms with Crippen LogP contribution in [0.25, 0.3) is 0 Å². The number of aromatic hydroxyl groups is 2. The quantitative estimate of drug-likeness (QED) is 0.823. The number of fused-ring (bicyclic) bond motifs is 5. The van der Waals surface area contributed by atoms with Gasteiger partial charge in [0.15, 0.2) is 0 Å². The topological polar surface area (TPSA) is 98.0 Å². The zero-order valence-corrected chi connectivity index (χ0v) is 12.2. The SMILES string of the molecule is O=S(=O)(On1c(O)c2c(c1O)C1C=CC2O1)c1ccc(F)cc1. The highest BCUT2D eigenvalue weighted by Crippen LogP contribution is 2.54. The van der Waals surface area contributed by atoms with Gasteiger partial charge in [0.25, 0.3) is 0 Å². The Bertz CT molecular complexity index is 896. The molecule has 2 aliphatic heterocycles. The maximum absolute atomic E-state index is 12.9. The zero-order valence-electron chi connectivity index (χ0n) is 11.4. The van der Waals surface area contributed by atoms with E-state index in [1.54, 1.807) is 12.2 Å². The molecule has 120 valence electrons. The standard InChI is InChI=1S/C14H10FNO6S/c15-7-1-3-8(4-2-7)23(19,20)22-16-13(17)11-9-5-6-10(21-9)12(11)14(16)18/h1-6,9-10,17-18H. The van der Waals surface area contributed by atoms with Gasteiger partial charge in [-0.1, -0.05) is 16.9 Å². The minimum atomic E-state index is -4.36. The molecule has 2 unspecified atom stereocenters. The van der Waals surface area contributed by atoms with Crippen LogP contribution in [0.4, 0.5) is 4.39 Å².